The van der Waals surface area contributed by atoms with Crippen LogP contribution in [0.25, 0.3) is 0 Å². The fourth-order valence-electron chi connectivity index (χ4n) is 1.74. The van der Waals surface area contributed by atoms with Gasteiger partial charge in [-0.05, 0) is 47.2 Å². The van der Waals surface area contributed by atoms with Crippen LogP contribution in [0.1, 0.15) is 5.56 Å². The number of aryl methyl sites for hydroxylation is 1. The topological polar surface area (TPSA) is 102 Å². The molecule has 0 amide bonds. The molecule has 2 aromatic carbocycles. The van der Waals surface area contributed by atoms with Crippen LogP contribution in [0.15, 0.2) is 53.4 Å². The van der Waals surface area contributed by atoms with Crippen molar-refractivity contribution in [2.24, 2.45) is 0 Å². The van der Waals surface area contributed by atoms with Crippen LogP contribution in [0.2, 0.25) is 0 Å². The van der Waals surface area contributed by atoms with E-state index in [2.05, 4.69) is 14.5 Å². The Bertz CT molecular complexity index is 786. The lowest BCUT2D eigenvalue weighted by Gasteiger charge is -2.08. The molecule has 0 spiro atoms. The zero-order valence-corrected chi connectivity index (χ0v) is 13.0. The Morgan fingerprint density at radius 3 is 2.43 bits per heavy atom. The first-order chi connectivity index (χ1) is 10.9. The summed E-state index contributed by atoms with van der Waals surface area (Å²) in [6, 6.07) is 12.2. The number of phenolic OH excluding ortho intramolecular Hbond substituents is 1. The van der Waals surface area contributed by atoms with E-state index in [4.69, 9.17) is 5.11 Å². The van der Waals surface area contributed by atoms with Crippen molar-refractivity contribution in [3.63, 3.8) is 0 Å². The summed E-state index contributed by atoms with van der Waals surface area (Å²) >= 11 is 0. The van der Waals surface area contributed by atoms with Gasteiger partial charge in [0.15, 0.2) is 0 Å². The summed E-state index contributed by atoms with van der Waals surface area (Å²) in [5.41, 5.74) is 1.03. The van der Waals surface area contributed by atoms with Gasteiger partial charge in [-0.15, -0.1) is 0 Å². The van der Waals surface area contributed by atoms with E-state index >= 15 is 0 Å². The van der Waals surface area contributed by atoms with E-state index in [0.717, 1.165) is 0 Å². The Hall–Kier alpha value is -2.58. The Morgan fingerprint density at radius 2 is 1.78 bits per heavy atom. The molecule has 0 aliphatic heterocycles. The molecule has 0 aliphatic rings. The highest BCUT2D eigenvalue weighted by Gasteiger charge is 2.20. The lowest BCUT2D eigenvalue weighted by molar-refractivity contribution is -0.208. The number of rotatable bonds is 6. The molecule has 8 heteroatoms. The maximum atomic E-state index is 11.9. The molecular weight excluding hydrogens is 322 g/mol. The number of anilines is 1. The van der Waals surface area contributed by atoms with Gasteiger partial charge >= 0.3 is 16.1 Å². The van der Waals surface area contributed by atoms with Gasteiger partial charge in [0, 0.05) is 5.69 Å². The first kappa shape index (κ1) is 16.8. The number of carbonyl (C=O) groups excluding carboxylic acids is 1. The van der Waals surface area contributed by atoms with Crippen LogP contribution in [0.5, 0.6) is 5.75 Å². The largest absolute Gasteiger partial charge is 0.508 e. The number of aromatic hydroxyl groups is 1. The number of carbonyl (C=O) groups is 1. The molecule has 0 aliphatic carbocycles. The molecule has 0 unspecified atom stereocenters. The van der Waals surface area contributed by atoms with Crippen molar-refractivity contribution >= 4 is 21.8 Å². The maximum absolute atomic E-state index is 11.9. The molecule has 2 N–H and O–H groups in total. The van der Waals surface area contributed by atoms with E-state index in [1.807, 2.05) is 0 Å². The van der Waals surface area contributed by atoms with E-state index < -0.39 is 16.1 Å². The predicted octanol–water partition coefficient (Wildman–Crippen LogP) is 1.98. The third-order valence-corrected chi connectivity index (χ3v) is 4.13. The molecule has 0 saturated carbocycles. The van der Waals surface area contributed by atoms with Gasteiger partial charge in [0.2, 0.25) is 0 Å². The monoisotopic (exact) mass is 337 g/mol. The van der Waals surface area contributed by atoms with Crippen LogP contribution in [0.3, 0.4) is 0 Å². The van der Waals surface area contributed by atoms with Crippen molar-refractivity contribution in [3.8, 4) is 5.75 Å². The van der Waals surface area contributed by atoms with Gasteiger partial charge in [0.25, 0.3) is 0 Å². The molecule has 0 radical (unpaired) electrons. The molecule has 0 bridgehead atoms. The highest BCUT2D eigenvalue weighted by atomic mass is 32.2. The average Bonchev–Trinajstić information content (AvgIpc) is 2.53. The third-order valence-electron chi connectivity index (χ3n) is 2.88. The van der Waals surface area contributed by atoms with Crippen LogP contribution in [0, 0.1) is 6.92 Å². The second-order valence-electron chi connectivity index (χ2n) is 4.64. The molecular formula is C15H15NO6S. The van der Waals surface area contributed by atoms with Crippen LogP contribution in [-0.2, 0) is 24.1 Å². The molecule has 0 aromatic heterocycles. The zero-order valence-electron chi connectivity index (χ0n) is 12.2. The van der Waals surface area contributed by atoms with Crippen molar-refractivity contribution in [2.75, 3.05) is 11.9 Å². The summed E-state index contributed by atoms with van der Waals surface area (Å²) in [5.74, 6) is -0.819. The van der Waals surface area contributed by atoms with Crippen molar-refractivity contribution in [1.29, 1.82) is 0 Å². The minimum Gasteiger partial charge on any atom is -0.508 e. The molecule has 23 heavy (non-hydrogen) atoms. The number of hydrogen-bond donors (Lipinski definition) is 2. The third kappa shape index (κ3) is 4.70. The van der Waals surface area contributed by atoms with Crippen molar-refractivity contribution in [1.82, 2.24) is 0 Å². The fourth-order valence-corrected chi connectivity index (χ4v) is 2.69. The normalized spacial score (nSPS) is 11.0. The molecule has 0 atom stereocenters. The van der Waals surface area contributed by atoms with E-state index in [9.17, 15) is 13.2 Å². The zero-order chi connectivity index (χ0) is 16.9. The summed E-state index contributed by atoms with van der Waals surface area (Å²) in [5, 5.41) is 11.8. The summed E-state index contributed by atoms with van der Waals surface area (Å²) in [7, 11) is -4.18. The van der Waals surface area contributed by atoms with Gasteiger partial charge < -0.3 is 10.4 Å². The van der Waals surface area contributed by atoms with Crippen molar-refractivity contribution < 1.29 is 27.5 Å². The molecule has 2 rings (SSSR count). The van der Waals surface area contributed by atoms with E-state index in [1.165, 1.54) is 24.3 Å². The number of hydrogen-bond acceptors (Lipinski definition) is 7. The summed E-state index contributed by atoms with van der Waals surface area (Å²) < 4.78 is 28.2. The van der Waals surface area contributed by atoms with Gasteiger partial charge in [-0.1, -0.05) is 18.2 Å². The van der Waals surface area contributed by atoms with Crippen LogP contribution < -0.4 is 5.32 Å². The fraction of sp³-hybridized carbons (Fsp3) is 0.133. The quantitative estimate of drug-likeness (QED) is 0.472. The van der Waals surface area contributed by atoms with Gasteiger partial charge in [-0.2, -0.15) is 8.42 Å². The Morgan fingerprint density at radius 1 is 1.13 bits per heavy atom. The maximum Gasteiger partial charge on any atom is 0.362 e. The summed E-state index contributed by atoms with van der Waals surface area (Å²) in [4.78, 5) is 15.8. The Kier molecular flexibility index (Phi) is 5.20. The highest BCUT2D eigenvalue weighted by Crippen LogP contribution is 2.17. The standard InChI is InChI=1S/C15H15NO6S/c1-11-4-2-3-5-14(11)23(19,20)22-21-15(18)10-16-12-6-8-13(17)9-7-12/h2-9,16-17H,10H2,1H3. The minimum atomic E-state index is -4.18. The summed E-state index contributed by atoms with van der Waals surface area (Å²) in [6.45, 7) is 1.30. The average molecular weight is 337 g/mol. The smallest absolute Gasteiger partial charge is 0.362 e. The molecule has 0 saturated heterocycles. The van der Waals surface area contributed by atoms with Crippen LogP contribution >= 0.6 is 0 Å². The van der Waals surface area contributed by atoms with Crippen molar-refractivity contribution in [3.05, 3.63) is 54.1 Å². The summed E-state index contributed by atoms with van der Waals surface area (Å²) in [6.07, 6.45) is 0. The minimum absolute atomic E-state index is 0.0701. The molecule has 0 heterocycles. The second kappa shape index (κ2) is 7.12. The lowest BCUT2D eigenvalue weighted by Crippen LogP contribution is -2.19. The van der Waals surface area contributed by atoms with E-state index in [0.29, 0.717) is 11.3 Å². The number of benzene rings is 2. The molecule has 7 nitrogen and oxygen atoms in total. The number of phenols is 1. The van der Waals surface area contributed by atoms with Crippen LogP contribution in [-0.4, -0.2) is 26.0 Å². The Labute approximate surface area is 133 Å². The number of nitrogens with one attached hydrogen (secondary N) is 1. The highest BCUT2D eigenvalue weighted by molar-refractivity contribution is 7.86. The molecule has 2 aromatic rings. The lowest BCUT2D eigenvalue weighted by atomic mass is 10.2. The molecule has 122 valence electrons. The van der Waals surface area contributed by atoms with Gasteiger partial charge in [-0.3, -0.25) is 4.89 Å². The SMILES string of the molecule is Cc1ccccc1S(=O)(=O)OOC(=O)CNc1ccc(O)cc1. The first-order valence-corrected chi connectivity index (χ1v) is 8.02. The van der Waals surface area contributed by atoms with Gasteiger partial charge in [0.05, 0.1) is 0 Å². The van der Waals surface area contributed by atoms with Gasteiger partial charge in [-0.25, -0.2) is 4.79 Å². The van der Waals surface area contributed by atoms with E-state index in [1.54, 1.807) is 31.2 Å². The Balaban J connectivity index is 1.89. The molecule has 0 fully saturated rings. The predicted molar refractivity (Wildman–Crippen MR) is 82.1 cm³/mol. The second-order valence-corrected chi connectivity index (χ2v) is 6.13. The van der Waals surface area contributed by atoms with Gasteiger partial charge in [0.1, 0.15) is 17.2 Å². The first-order valence-electron chi connectivity index (χ1n) is 6.61. The van der Waals surface area contributed by atoms with E-state index in [-0.39, 0.29) is 17.2 Å². The van der Waals surface area contributed by atoms with Crippen molar-refractivity contribution in [2.45, 2.75) is 11.8 Å². The van der Waals surface area contributed by atoms with Crippen LogP contribution in [0.4, 0.5) is 5.69 Å².